The van der Waals surface area contributed by atoms with Crippen molar-refractivity contribution in [3.05, 3.63) is 29.3 Å². The zero-order valence-corrected chi connectivity index (χ0v) is 12.8. The standard InChI is InChI=1S/C15H21N5O/c1-10-8-16-11(2)17-15(10)20-6-4-5-13(9-20)7-14-18-12(3)21-19-14/h8,13H,4-7,9H2,1-3H3. The largest absolute Gasteiger partial charge is 0.356 e. The minimum Gasteiger partial charge on any atom is -0.356 e. The highest BCUT2D eigenvalue weighted by Crippen LogP contribution is 2.25. The molecule has 0 saturated carbocycles. The van der Waals surface area contributed by atoms with Crippen molar-refractivity contribution in [2.24, 2.45) is 5.92 Å². The molecular weight excluding hydrogens is 266 g/mol. The van der Waals surface area contributed by atoms with Crippen LogP contribution in [-0.4, -0.2) is 33.2 Å². The molecule has 1 saturated heterocycles. The normalized spacial score (nSPS) is 19.0. The van der Waals surface area contributed by atoms with Crippen LogP contribution in [0.3, 0.4) is 0 Å². The number of piperidine rings is 1. The molecule has 1 aliphatic heterocycles. The van der Waals surface area contributed by atoms with Crippen LogP contribution in [0.25, 0.3) is 0 Å². The maximum atomic E-state index is 5.06. The predicted molar refractivity (Wildman–Crippen MR) is 79.2 cm³/mol. The van der Waals surface area contributed by atoms with Gasteiger partial charge in [-0.05, 0) is 32.6 Å². The molecule has 2 aromatic heterocycles. The third-order valence-corrected chi connectivity index (χ3v) is 3.92. The van der Waals surface area contributed by atoms with E-state index in [1.165, 1.54) is 12.8 Å². The summed E-state index contributed by atoms with van der Waals surface area (Å²) in [4.78, 5) is 15.5. The zero-order chi connectivity index (χ0) is 14.8. The molecule has 0 spiro atoms. The van der Waals surface area contributed by atoms with Gasteiger partial charge >= 0.3 is 0 Å². The smallest absolute Gasteiger partial charge is 0.223 e. The Morgan fingerprint density at radius 3 is 2.90 bits per heavy atom. The molecule has 2 aromatic rings. The number of aromatic nitrogens is 4. The lowest BCUT2D eigenvalue weighted by molar-refractivity contribution is 0.369. The van der Waals surface area contributed by atoms with Crippen molar-refractivity contribution in [1.29, 1.82) is 0 Å². The average molecular weight is 287 g/mol. The van der Waals surface area contributed by atoms with Gasteiger partial charge in [0.25, 0.3) is 0 Å². The van der Waals surface area contributed by atoms with Crippen LogP contribution in [0.5, 0.6) is 0 Å². The summed E-state index contributed by atoms with van der Waals surface area (Å²) in [6.45, 7) is 7.88. The number of hydrogen-bond acceptors (Lipinski definition) is 6. The van der Waals surface area contributed by atoms with E-state index in [2.05, 4.69) is 31.9 Å². The molecule has 1 fully saturated rings. The van der Waals surface area contributed by atoms with E-state index in [1.54, 1.807) is 0 Å². The first-order valence-corrected chi connectivity index (χ1v) is 7.46. The van der Waals surface area contributed by atoms with Gasteiger partial charge in [-0.1, -0.05) is 5.16 Å². The van der Waals surface area contributed by atoms with Crippen LogP contribution in [0.2, 0.25) is 0 Å². The SMILES string of the molecule is Cc1ncc(C)c(N2CCCC(Cc3noc(C)n3)C2)n1. The molecule has 0 amide bonds. The Balaban J connectivity index is 1.72. The van der Waals surface area contributed by atoms with Crippen molar-refractivity contribution >= 4 is 5.82 Å². The Morgan fingerprint density at radius 2 is 2.14 bits per heavy atom. The number of rotatable bonds is 3. The lowest BCUT2D eigenvalue weighted by Gasteiger charge is -2.34. The highest BCUT2D eigenvalue weighted by Gasteiger charge is 2.23. The highest BCUT2D eigenvalue weighted by atomic mass is 16.5. The molecule has 0 aliphatic carbocycles. The van der Waals surface area contributed by atoms with Crippen LogP contribution in [-0.2, 0) is 6.42 Å². The number of anilines is 1. The average Bonchev–Trinajstić information content (AvgIpc) is 2.87. The minimum absolute atomic E-state index is 0.547. The van der Waals surface area contributed by atoms with Gasteiger partial charge in [-0.2, -0.15) is 4.98 Å². The summed E-state index contributed by atoms with van der Waals surface area (Å²) in [5.74, 6) is 3.89. The molecule has 3 heterocycles. The van der Waals surface area contributed by atoms with E-state index < -0.39 is 0 Å². The van der Waals surface area contributed by atoms with Gasteiger partial charge < -0.3 is 9.42 Å². The van der Waals surface area contributed by atoms with Crippen LogP contribution >= 0.6 is 0 Å². The highest BCUT2D eigenvalue weighted by molar-refractivity contribution is 5.45. The molecule has 21 heavy (non-hydrogen) atoms. The molecule has 3 rings (SSSR count). The van der Waals surface area contributed by atoms with Crippen LogP contribution in [0.15, 0.2) is 10.7 Å². The first-order chi connectivity index (χ1) is 10.1. The third-order valence-electron chi connectivity index (χ3n) is 3.92. The number of nitrogens with zero attached hydrogens (tertiary/aromatic N) is 5. The van der Waals surface area contributed by atoms with E-state index >= 15 is 0 Å². The van der Waals surface area contributed by atoms with Crippen LogP contribution in [0.1, 0.15) is 35.9 Å². The molecule has 0 N–H and O–H groups in total. The van der Waals surface area contributed by atoms with Gasteiger partial charge in [0.05, 0.1) is 0 Å². The van der Waals surface area contributed by atoms with Gasteiger partial charge in [0.2, 0.25) is 5.89 Å². The van der Waals surface area contributed by atoms with E-state index in [0.29, 0.717) is 11.8 Å². The van der Waals surface area contributed by atoms with Crippen molar-refractivity contribution in [3.8, 4) is 0 Å². The van der Waals surface area contributed by atoms with Crippen molar-refractivity contribution in [1.82, 2.24) is 20.1 Å². The van der Waals surface area contributed by atoms with E-state index in [0.717, 1.165) is 42.5 Å². The fourth-order valence-corrected chi connectivity index (χ4v) is 2.94. The summed E-state index contributed by atoms with van der Waals surface area (Å²) in [6, 6.07) is 0. The molecule has 1 aliphatic rings. The molecule has 6 nitrogen and oxygen atoms in total. The Morgan fingerprint density at radius 1 is 1.29 bits per heavy atom. The van der Waals surface area contributed by atoms with Gasteiger partial charge in [-0.15, -0.1) is 0 Å². The summed E-state index contributed by atoms with van der Waals surface area (Å²) < 4.78 is 5.06. The van der Waals surface area contributed by atoms with Gasteiger partial charge in [0.1, 0.15) is 11.6 Å². The van der Waals surface area contributed by atoms with E-state index in [1.807, 2.05) is 20.0 Å². The van der Waals surface area contributed by atoms with Crippen molar-refractivity contribution in [2.45, 2.75) is 40.0 Å². The van der Waals surface area contributed by atoms with Crippen LogP contribution < -0.4 is 4.90 Å². The topological polar surface area (TPSA) is 67.9 Å². The molecule has 112 valence electrons. The monoisotopic (exact) mass is 287 g/mol. The first-order valence-electron chi connectivity index (χ1n) is 7.46. The van der Waals surface area contributed by atoms with Crippen molar-refractivity contribution < 1.29 is 4.52 Å². The second kappa shape index (κ2) is 5.79. The molecule has 0 aromatic carbocycles. The van der Waals surface area contributed by atoms with Crippen LogP contribution in [0.4, 0.5) is 5.82 Å². The van der Waals surface area contributed by atoms with Gasteiger partial charge in [0.15, 0.2) is 5.82 Å². The predicted octanol–water partition coefficient (Wildman–Crippen LogP) is 2.24. The Hall–Kier alpha value is -1.98. The van der Waals surface area contributed by atoms with Crippen molar-refractivity contribution in [2.75, 3.05) is 18.0 Å². The Bertz CT molecular complexity index is 624. The molecular formula is C15H21N5O. The van der Waals surface area contributed by atoms with Gasteiger partial charge in [-0.3, -0.25) is 0 Å². The molecule has 0 radical (unpaired) electrons. The molecule has 6 heteroatoms. The van der Waals surface area contributed by atoms with Crippen molar-refractivity contribution in [3.63, 3.8) is 0 Å². The Kier molecular flexibility index (Phi) is 3.86. The molecule has 0 bridgehead atoms. The fraction of sp³-hybridized carbons (Fsp3) is 0.600. The zero-order valence-electron chi connectivity index (χ0n) is 12.8. The summed E-state index contributed by atoms with van der Waals surface area (Å²) in [5, 5.41) is 4.01. The molecule has 1 unspecified atom stereocenters. The Labute approximate surface area is 124 Å². The quantitative estimate of drug-likeness (QED) is 0.862. The number of hydrogen-bond donors (Lipinski definition) is 0. The second-order valence-electron chi connectivity index (χ2n) is 5.81. The minimum atomic E-state index is 0.547. The lowest BCUT2D eigenvalue weighted by atomic mass is 9.94. The maximum absolute atomic E-state index is 5.06. The lowest BCUT2D eigenvalue weighted by Crippen LogP contribution is -2.37. The summed E-state index contributed by atoms with van der Waals surface area (Å²) in [6.07, 6.45) is 5.15. The first kappa shape index (κ1) is 14.0. The second-order valence-corrected chi connectivity index (χ2v) is 5.81. The third kappa shape index (κ3) is 3.20. The van der Waals surface area contributed by atoms with E-state index in [9.17, 15) is 0 Å². The summed E-state index contributed by atoms with van der Waals surface area (Å²) in [5.41, 5.74) is 1.14. The summed E-state index contributed by atoms with van der Waals surface area (Å²) in [7, 11) is 0. The van der Waals surface area contributed by atoms with E-state index in [-0.39, 0.29) is 0 Å². The van der Waals surface area contributed by atoms with Gasteiger partial charge in [0, 0.05) is 38.2 Å². The summed E-state index contributed by atoms with van der Waals surface area (Å²) >= 11 is 0. The van der Waals surface area contributed by atoms with Gasteiger partial charge in [-0.25, -0.2) is 9.97 Å². The number of aryl methyl sites for hydroxylation is 3. The van der Waals surface area contributed by atoms with Crippen LogP contribution in [0, 0.1) is 26.7 Å². The molecule has 1 atom stereocenters. The maximum Gasteiger partial charge on any atom is 0.223 e. The fourth-order valence-electron chi connectivity index (χ4n) is 2.94. The van der Waals surface area contributed by atoms with E-state index in [4.69, 9.17) is 4.52 Å².